The van der Waals surface area contributed by atoms with Gasteiger partial charge in [0.1, 0.15) is 11.5 Å². The summed E-state index contributed by atoms with van der Waals surface area (Å²) in [6, 6.07) is 8.83. The average Bonchev–Trinajstić information content (AvgIpc) is 2.30. The molecule has 2 rings (SSSR count). The number of hydrogen-bond donors (Lipinski definition) is 1. The lowest BCUT2D eigenvalue weighted by Crippen LogP contribution is -2.09. The van der Waals surface area contributed by atoms with Crippen molar-refractivity contribution in [1.82, 2.24) is 4.98 Å². The maximum absolute atomic E-state index is 12.6. The van der Waals surface area contributed by atoms with Crippen LogP contribution in [-0.4, -0.2) is 4.98 Å². The van der Waals surface area contributed by atoms with Crippen LogP contribution in [0.3, 0.4) is 0 Å². The largest absolute Gasteiger partial charge is 0.433 e. The predicted molar refractivity (Wildman–Crippen MR) is 71.7 cm³/mol. The van der Waals surface area contributed by atoms with Gasteiger partial charge in [-0.25, -0.2) is 4.98 Å². The number of halogens is 5. The van der Waals surface area contributed by atoms with Crippen LogP contribution in [0.5, 0.6) is 0 Å². The average molecular weight is 352 g/mol. The van der Waals surface area contributed by atoms with Crippen molar-refractivity contribution in [1.29, 1.82) is 0 Å². The lowest BCUT2D eigenvalue weighted by molar-refractivity contribution is -0.141. The second-order valence-electron chi connectivity index (χ2n) is 3.66. The minimum Gasteiger partial charge on any atom is -0.339 e. The highest BCUT2D eigenvalue weighted by Gasteiger charge is 2.32. The summed E-state index contributed by atoms with van der Waals surface area (Å²) in [7, 11) is 0. The maximum Gasteiger partial charge on any atom is 0.433 e. The summed E-state index contributed by atoms with van der Waals surface area (Å²) in [5.41, 5.74) is -0.403. The number of benzene rings is 1. The summed E-state index contributed by atoms with van der Waals surface area (Å²) in [5.74, 6) is 0.0806. The van der Waals surface area contributed by atoms with Crippen molar-refractivity contribution >= 4 is 39.0 Å². The van der Waals surface area contributed by atoms with Crippen LogP contribution in [0.25, 0.3) is 0 Å². The van der Waals surface area contributed by atoms with Gasteiger partial charge in [0.15, 0.2) is 0 Å². The highest BCUT2D eigenvalue weighted by Crippen LogP contribution is 2.32. The van der Waals surface area contributed by atoms with Gasteiger partial charge in [-0.2, -0.15) is 13.2 Å². The van der Waals surface area contributed by atoms with Crippen molar-refractivity contribution in [3.05, 3.63) is 51.6 Å². The molecule has 0 atom stereocenters. The molecule has 0 aliphatic carbocycles. The van der Waals surface area contributed by atoms with Crippen LogP contribution in [0, 0.1) is 0 Å². The molecular weight excluding hydrogens is 344 g/mol. The zero-order chi connectivity index (χ0) is 14.0. The molecule has 0 spiro atoms. The van der Waals surface area contributed by atoms with E-state index in [2.05, 4.69) is 26.2 Å². The van der Waals surface area contributed by atoms with Crippen molar-refractivity contribution in [2.75, 3.05) is 5.32 Å². The monoisotopic (exact) mass is 350 g/mol. The predicted octanol–water partition coefficient (Wildman–Crippen LogP) is 5.26. The molecule has 0 saturated carbocycles. The third-order valence-electron chi connectivity index (χ3n) is 2.22. The van der Waals surface area contributed by atoms with Crippen molar-refractivity contribution in [3.63, 3.8) is 0 Å². The van der Waals surface area contributed by atoms with Crippen LogP contribution in [0.4, 0.5) is 24.7 Å². The number of rotatable bonds is 2. The first-order valence-electron chi connectivity index (χ1n) is 5.12. The van der Waals surface area contributed by atoms with Crippen LogP contribution in [0.1, 0.15) is 5.69 Å². The minimum absolute atomic E-state index is 0.0806. The molecular formula is C12H7BrClF3N2. The summed E-state index contributed by atoms with van der Waals surface area (Å²) in [4.78, 5) is 3.54. The maximum atomic E-state index is 12.6. The Morgan fingerprint density at radius 1 is 1.16 bits per heavy atom. The molecule has 1 N–H and O–H groups in total. The lowest BCUT2D eigenvalue weighted by atomic mass is 10.3. The normalized spacial score (nSPS) is 11.4. The Balaban J connectivity index is 2.34. The Labute approximate surface area is 120 Å². The molecule has 0 amide bonds. The van der Waals surface area contributed by atoms with Gasteiger partial charge in [0.25, 0.3) is 0 Å². The van der Waals surface area contributed by atoms with Crippen LogP contribution in [-0.2, 0) is 6.18 Å². The molecule has 7 heteroatoms. The quantitative estimate of drug-likeness (QED) is 0.798. The van der Waals surface area contributed by atoms with Gasteiger partial charge < -0.3 is 5.32 Å². The number of alkyl halides is 3. The first-order chi connectivity index (χ1) is 8.86. The standard InChI is InChI=1S/C12H7BrClF3N2/c13-9-4-5-10(12(15,16)17)19-11(9)18-8-3-1-2-7(14)6-8/h1-6H,(H,18,19). The van der Waals surface area contributed by atoms with Gasteiger partial charge in [-0.05, 0) is 46.3 Å². The van der Waals surface area contributed by atoms with E-state index in [0.29, 0.717) is 15.2 Å². The summed E-state index contributed by atoms with van der Waals surface area (Å²) in [6.07, 6.45) is -4.48. The third kappa shape index (κ3) is 3.61. The number of nitrogens with zero attached hydrogens (tertiary/aromatic N) is 1. The third-order valence-corrected chi connectivity index (χ3v) is 3.10. The topological polar surface area (TPSA) is 24.9 Å². The SMILES string of the molecule is FC(F)(F)c1ccc(Br)c(Nc2cccc(Cl)c2)n1. The van der Waals surface area contributed by atoms with Crippen molar-refractivity contribution in [2.24, 2.45) is 0 Å². The molecule has 1 aromatic carbocycles. The first-order valence-corrected chi connectivity index (χ1v) is 6.30. The molecule has 2 nitrogen and oxygen atoms in total. The highest BCUT2D eigenvalue weighted by molar-refractivity contribution is 9.10. The van der Waals surface area contributed by atoms with Gasteiger partial charge >= 0.3 is 6.18 Å². The molecule has 19 heavy (non-hydrogen) atoms. The molecule has 100 valence electrons. The first kappa shape index (κ1) is 14.1. The van der Waals surface area contributed by atoms with E-state index in [-0.39, 0.29) is 5.82 Å². The Bertz CT molecular complexity index is 602. The van der Waals surface area contributed by atoms with Gasteiger partial charge in [0.2, 0.25) is 0 Å². The summed E-state index contributed by atoms with van der Waals surface area (Å²) in [5, 5.41) is 3.26. The van der Waals surface area contributed by atoms with Gasteiger partial charge in [-0.15, -0.1) is 0 Å². The molecule has 1 aromatic heterocycles. The summed E-state index contributed by atoms with van der Waals surface area (Å²) < 4.78 is 38.2. The van der Waals surface area contributed by atoms with Crippen molar-refractivity contribution in [3.8, 4) is 0 Å². The van der Waals surface area contributed by atoms with Crippen LogP contribution in [0.15, 0.2) is 40.9 Å². The lowest BCUT2D eigenvalue weighted by Gasteiger charge is -2.11. The fourth-order valence-corrected chi connectivity index (χ4v) is 1.90. The second kappa shape index (κ2) is 5.38. The van der Waals surface area contributed by atoms with Gasteiger partial charge in [0.05, 0.1) is 4.47 Å². The van der Waals surface area contributed by atoms with Crippen molar-refractivity contribution in [2.45, 2.75) is 6.18 Å². The van der Waals surface area contributed by atoms with E-state index in [9.17, 15) is 13.2 Å². The molecule has 0 aliphatic rings. The Kier molecular flexibility index (Phi) is 4.01. The molecule has 0 aliphatic heterocycles. The van der Waals surface area contributed by atoms with Crippen LogP contribution >= 0.6 is 27.5 Å². The van der Waals surface area contributed by atoms with E-state index in [1.165, 1.54) is 6.07 Å². The minimum atomic E-state index is -4.48. The molecule has 1 heterocycles. The van der Waals surface area contributed by atoms with E-state index in [0.717, 1.165) is 6.07 Å². The van der Waals surface area contributed by atoms with E-state index in [4.69, 9.17) is 11.6 Å². The van der Waals surface area contributed by atoms with E-state index in [1.807, 2.05) is 0 Å². The Morgan fingerprint density at radius 2 is 1.89 bits per heavy atom. The molecule has 0 radical (unpaired) electrons. The second-order valence-corrected chi connectivity index (χ2v) is 4.95. The fraction of sp³-hybridized carbons (Fsp3) is 0.0833. The summed E-state index contributed by atoms with van der Waals surface area (Å²) >= 11 is 8.95. The van der Waals surface area contributed by atoms with E-state index < -0.39 is 11.9 Å². The summed E-state index contributed by atoms with van der Waals surface area (Å²) in [6.45, 7) is 0. The Hall–Kier alpha value is -1.27. The highest BCUT2D eigenvalue weighted by atomic mass is 79.9. The van der Waals surface area contributed by atoms with Crippen LogP contribution in [0.2, 0.25) is 5.02 Å². The molecule has 0 fully saturated rings. The zero-order valence-corrected chi connectivity index (χ0v) is 11.6. The van der Waals surface area contributed by atoms with Gasteiger partial charge in [-0.3, -0.25) is 0 Å². The number of aromatic nitrogens is 1. The number of pyridine rings is 1. The zero-order valence-electron chi connectivity index (χ0n) is 9.30. The van der Waals surface area contributed by atoms with Crippen LogP contribution < -0.4 is 5.32 Å². The van der Waals surface area contributed by atoms with E-state index >= 15 is 0 Å². The van der Waals surface area contributed by atoms with E-state index in [1.54, 1.807) is 24.3 Å². The molecule has 0 saturated heterocycles. The fourth-order valence-electron chi connectivity index (χ4n) is 1.39. The van der Waals surface area contributed by atoms with Gasteiger partial charge in [-0.1, -0.05) is 17.7 Å². The number of nitrogens with one attached hydrogen (secondary N) is 1. The molecule has 0 unspecified atom stereocenters. The molecule has 0 bridgehead atoms. The molecule has 2 aromatic rings. The number of anilines is 2. The van der Waals surface area contributed by atoms with Gasteiger partial charge in [0, 0.05) is 10.7 Å². The van der Waals surface area contributed by atoms with Crippen molar-refractivity contribution < 1.29 is 13.2 Å². The smallest absolute Gasteiger partial charge is 0.339 e. The Morgan fingerprint density at radius 3 is 2.53 bits per heavy atom. The number of hydrogen-bond acceptors (Lipinski definition) is 2.